The molecule has 1 fully saturated rings. The first-order valence-corrected chi connectivity index (χ1v) is 7.27. The van der Waals surface area contributed by atoms with Crippen molar-refractivity contribution in [2.45, 2.75) is 18.9 Å². The maximum absolute atomic E-state index is 11.4. The molecule has 0 amide bonds. The molecule has 3 rings (SSSR count). The van der Waals surface area contributed by atoms with E-state index in [1.54, 1.807) is 24.4 Å². The quantitative estimate of drug-likeness (QED) is 0.615. The fourth-order valence-electron chi connectivity index (χ4n) is 2.35. The number of hydrogen-bond donors (Lipinski definition) is 2. The van der Waals surface area contributed by atoms with E-state index in [0.29, 0.717) is 12.4 Å². The van der Waals surface area contributed by atoms with E-state index in [1.165, 1.54) is 6.33 Å². The predicted octanol–water partition coefficient (Wildman–Crippen LogP) is 2.11. The first-order valence-electron chi connectivity index (χ1n) is 7.27. The van der Waals surface area contributed by atoms with Gasteiger partial charge in [0.05, 0.1) is 11.0 Å². The maximum Gasteiger partial charge on any atom is 0.353 e. The summed E-state index contributed by atoms with van der Waals surface area (Å²) >= 11 is 0. The highest BCUT2D eigenvalue weighted by Crippen LogP contribution is 2.30. The van der Waals surface area contributed by atoms with Crippen LogP contribution in [0, 0.1) is 10.1 Å². The van der Waals surface area contributed by atoms with Crippen molar-refractivity contribution >= 4 is 23.1 Å². The molecule has 0 aliphatic carbocycles. The van der Waals surface area contributed by atoms with Gasteiger partial charge in [-0.05, 0) is 25.0 Å². The molecule has 0 bridgehead atoms. The maximum atomic E-state index is 11.4. The molecule has 1 atom stereocenters. The second-order valence-electron chi connectivity index (χ2n) is 5.03. The number of nitro groups is 1. The van der Waals surface area contributed by atoms with Crippen LogP contribution in [0.3, 0.4) is 0 Å². The van der Waals surface area contributed by atoms with Crippen LogP contribution in [0.1, 0.15) is 12.8 Å². The number of ether oxygens (including phenoxy) is 1. The lowest BCUT2D eigenvalue weighted by Crippen LogP contribution is -2.20. The zero-order chi connectivity index (χ0) is 16.1. The van der Waals surface area contributed by atoms with Gasteiger partial charge in [0.2, 0.25) is 11.6 Å². The van der Waals surface area contributed by atoms with Crippen molar-refractivity contribution in [2.75, 3.05) is 23.8 Å². The normalized spacial score (nSPS) is 17.0. The van der Waals surface area contributed by atoms with E-state index in [2.05, 4.69) is 25.6 Å². The molecule has 2 aromatic heterocycles. The molecule has 3 heterocycles. The predicted molar refractivity (Wildman–Crippen MR) is 83.7 cm³/mol. The van der Waals surface area contributed by atoms with Crippen LogP contribution in [0.25, 0.3) is 0 Å². The van der Waals surface area contributed by atoms with Gasteiger partial charge >= 0.3 is 5.69 Å². The van der Waals surface area contributed by atoms with Crippen LogP contribution in [0.4, 0.5) is 23.1 Å². The summed E-state index contributed by atoms with van der Waals surface area (Å²) in [4.78, 5) is 22.9. The van der Waals surface area contributed by atoms with Crippen molar-refractivity contribution < 1.29 is 9.66 Å². The summed E-state index contributed by atoms with van der Waals surface area (Å²) < 4.78 is 5.50. The molecule has 120 valence electrons. The van der Waals surface area contributed by atoms with Crippen LogP contribution in [0.15, 0.2) is 30.7 Å². The third kappa shape index (κ3) is 3.69. The van der Waals surface area contributed by atoms with Gasteiger partial charge < -0.3 is 15.4 Å². The smallest absolute Gasteiger partial charge is 0.353 e. The highest BCUT2D eigenvalue weighted by Gasteiger charge is 2.24. The summed E-state index contributed by atoms with van der Waals surface area (Å²) in [6, 6.07) is 5.23. The highest BCUT2D eigenvalue weighted by molar-refractivity contribution is 5.72. The first kappa shape index (κ1) is 15.1. The number of nitrogens with one attached hydrogen (secondary N) is 2. The monoisotopic (exact) mass is 316 g/mol. The fourth-order valence-corrected chi connectivity index (χ4v) is 2.35. The molecular formula is C14H16N6O3. The zero-order valence-electron chi connectivity index (χ0n) is 12.3. The van der Waals surface area contributed by atoms with Gasteiger partial charge in [0.25, 0.3) is 0 Å². The van der Waals surface area contributed by atoms with E-state index in [9.17, 15) is 10.1 Å². The molecule has 2 aromatic rings. The minimum Gasteiger partial charge on any atom is -0.376 e. The van der Waals surface area contributed by atoms with Gasteiger partial charge in [-0.3, -0.25) is 10.1 Å². The van der Waals surface area contributed by atoms with Gasteiger partial charge in [-0.2, -0.15) is 0 Å². The van der Waals surface area contributed by atoms with Crippen LogP contribution in [-0.4, -0.2) is 39.1 Å². The Hall–Kier alpha value is -2.81. The number of aromatic nitrogens is 3. The molecule has 1 unspecified atom stereocenters. The number of hydrogen-bond acceptors (Lipinski definition) is 8. The van der Waals surface area contributed by atoms with Crippen molar-refractivity contribution in [3.8, 4) is 0 Å². The van der Waals surface area contributed by atoms with Gasteiger partial charge in [0.15, 0.2) is 0 Å². The average molecular weight is 316 g/mol. The molecule has 0 spiro atoms. The molecule has 0 saturated carbocycles. The second kappa shape index (κ2) is 6.97. The van der Waals surface area contributed by atoms with Crippen LogP contribution in [0.5, 0.6) is 0 Å². The Bertz CT molecular complexity index is 675. The first-order chi connectivity index (χ1) is 11.2. The molecule has 0 aromatic carbocycles. The van der Waals surface area contributed by atoms with Crippen molar-refractivity contribution in [2.24, 2.45) is 0 Å². The Labute approximate surface area is 132 Å². The van der Waals surface area contributed by atoms with E-state index >= 15 is 0 Å². The SMILES string of the molecule is O=[N+]([O-])c1c(NCC2CCCO2)ncnc1Nc1ccccn1. The minimum atomic E-state index is -0.511. The minimum absolute atomic E-state index is 0.0526. The van der Waals surface area contributed by atoms with Crippen LogP contribution in [0.2, 0.25) is 0 Å². The van der Waals surface area contributed by atoms with Gasteiger partial charge in [-0.25, -0.2) is 15.0 Å². The summed E-state index contributed by atoms with van der Waals surface area (Å²) in [6.07, 6.45) is 4.86. The van der Waals surface area contributed by atoms with E-state index in [4.69, 9.17) is 4.74 Å². The van der Waals surface area contributed by atoms with Crippen molar-refractivity contribution in [1.29, 1.82) is 0 Å². The summed E-state index contributed by atoms with van der Waals surface area (Å²) in [5.41, 5.74) is -0.212. The summed E-state index contributed by atoms with van der Waals surface area (Å²) in [5, 5.41) is 17.3. The van der Waals surface area contributed by atoms with Crippen molar-refractivity contribution in [1.82, 2.24) is 15.0 Å². The molecule has 9 heteroatoms. The Morgan fingerprint density at radius 2 is 2.17 bits per heavy atom. The molecule has 1 aliphatic heterocycles. The van der Waals surface area contributed by atoms with Gasteiger partial charge in [-0.15, -0.1) is 0 Å². The lowest BCUT2D eigenvalue weighted by molar-refractivity contribution is -0.383. The summed E-state index contributed by atoms with van der Waals surface area (Å²) in [5.74, 6) is 0.733. The lowest BCUT2D eigenvalue weighted by Gasteiger charge is -2.12. The van der Waals surface area contributed by atoms with E-state index in [-0.39, 0.29) is 23.4 Å². The molecular weight excluding hydrogens is 300 g/mol. The molecule has 0 radical (unpaired) electrons. The Kier molecular flexibility index (Phi) is 4.57. The van der Waals surface area contributed by atoms with Gasteiger partial charge in [0, 0.05) is 19.3 Å². The van der Waals surface area contributed by atoms with E-state index in [1.807, 2.05) is 0 Å². The third-order valence-electron chi connectivity index (χ3n) is 3.44. The fraction of sp³-hybridized carbons (Fsp3) is 0.357. The molecule has 2 N–H and O–H groups in total. The number of pyridine rings is 1. The van der Waals surface area contributed by atoms with E-state index < -0.39 is 4.92 Å². The Morgan fingerprint density at radius 3 is 2.87 bits per heavy atom. The number of nitrogens with zero attached hydrogens (tertiary/aromatic N) is 4. The van der Waals surface area contributed by atoms with Crippen molar-refractivity contribution in [3.05, 3.63) is 40.8 Å². The van der Waals surface area contributed by atoms with Crippen LogP contribution in [-0.2, 0) is 4.74 Å². The number of rotatable bonds is 6. The van der Waals surface area contributed by atoms with Gasteiger partial charge in [-0.1, -0.05) is 6.07 Å². The second-order valence-corrected chi connectivity index (χ2v) is 5.03. The third-order valence-corrected chi connectivity index (χ3v) is 3.44. The summed E-state index contributed by atoms with van der Waals surface area (Å²) in [7, 11) is 0. The average Bonchev–Trinajstić information content (AvgIpc) is 3.07. The van der Waals surface area contributed by atoms with Crippen molar-refractivity contribution in [3.63, 3.8) is 0 Å². The zero-order valence-corrected chi connectivity index (χ0v) is 12.3. The van der Waals surface area contributed by atoms with Crippen LogP contribution >= 0.6 is 0 Å². The van der Waals surface area contributed by atoms with E-state index in [0.717, 1.165) is 19.4 Å². The molecule has 23 heavy (non-hydrogen) atoms. The topological polar surface area (TPSA) is 115 Å². The Balaban J connectivity index is 1.81. The number of anilines is 3. The lowest BCUT2D eigenvalue weighted by atomic mass is 10.2. The standard InChI is InChI=1S/C14H16N6O3/c21-20(22)12-13(16-8-10-4-3-7-23-10)17-9-18-14(12)19-11-5-1-2-6-15-11/h1-2,5-6,9-10H,3-4,7-8H2,(H2,15,16,17,18,19). The largest absolute Gasteiger partial charge is 0.376 e. The molecule has 1 aliphatic rings. The summed E-state index contributed by atoms with van der Waals surface area (Å²) in [6.45, 7) is 1.20. The van der Waals surface area contributed by atoms with Gasteiger partial charge in [0.1, 0.15) is 12.1 Å². The molecule has 9 nitrogen and oxygen atoms in total. The highest BCUT2D eigenvalue weighted by atomic mass is 16.6. The Morgan fingerprint density at radius 1 is 1.30 bits per heavy atom. The van der Waals surface area contributed by atoms with Crippen LogP contribution < -0.4 is 10.6 Å². The molecule has 1 saturated heterocycles.